The highest BCUT2D eigenvalue weighted by Gasteiger charge is 2.07. The van der Waals surface area contributed by atoms with Crippen LogP contribution in [0.5, 0.6) is 0 Å². The molecule has 0 unspecified atom stereocenters. The molecule has 2 aromatic heterocycles. The Morgan fingerprint density at radius 1 is 1.27 bits per heavy atom. The number of aromatic nitrogens is 5. The molecule has 0 fully saturated rings. The summed E-state index contributed by atoms with van der Waals surface area (Å²) in [4.78, 5) is 7.22. The van der Waals surface area contributed by atoms with Crippen molar-refractivity contribution in [2.75, 3.05) is 0 Å². The van der Waals surface area contributed by atoms with Gasteiger partial charge in [-0.2, -0.15) is 15.4 Å². The highest BCUT2D eigenvalue weighted by atomic mass is 19.1. The molecule has 1 aromatic carbocycles. The Bertz CT molecular complexity index is 598. The summed E-state index contributed by atoms with van der Waals surface area (Å²) in [5, 5.41) is 10.0. The van der Waals surface area contributed by atoms with Crippen molar-refractivity contribution in [3.8, 4) is 11.5 Å². The minimum absolute atomic E-state index is 0.294. The largest absolute Gasteiger partial charge is 0.336 e. The second-order valence-electron chi connectivity index (χ2n) is 3.10. The van der Waals surface area contributed by atoms with Gasteiger partial charge in [-0.3, -0.25) is 0 Å². The Morgan fingerprint density at radius 2 is 2.20 bits per heavy atom. The van der Waals surface area contributed by atoms with Crippen LogP contribution in [0.25, 0.3) is 22.6 Å². The maximum atomic E-state index is 12.9. The minimum atomic E-state index is -0.294. The zero-order valence-corrected chi connectivity index (χ0v) is 7.53. The molecule has 2 N–H and O–H groups in total. The number of hydrogen-bond donors (Lipinski definition) is 2. The number of nitrogens with zero attached hydrogens (tertiary/aromatic N) is 3. The molecule has 3 aromatic rings. The Hall–Kier alpha value is -2.24. The number of benzene rings is 1. The van der Waals surface area contributed by atoms with E-state index < -0.39 is 0 Å². The summed E-state index contributed by atoms with van der Waals surface area (Å²) in [6, 6.07) is 4.38. The number of halogens is 1. The standard InChI is InChI=1S/C9H6FN5/c10-5-1-2-6-7(3-5)13-9(12-6)8-4-11-15-14-8/h1-4H,(H,12,13)(H,11,14,15). The average Bonchev–Trinajstić information content (AvgIpc) is 2.84. The Morgan fingerprint density at radius 3 is 3.00 bits per heavy atom. The molecule has 74 valence electrons. The van der Waals surface area contributed by atoms with Crippen LogP contribution in [0.4, 0.5) is 4.39 Å². The average molecular weight is 203 g/mol. The van der Waals surface area contributed by atoms with E-state index in [-0.39, 0.29) is 5.82 Å². The molecule has 0 aliphatic carbocycles. The van der Waals surface area contributed by atoms with Gasteiger partial charge in [-0.1, -0.05) is 0 Å². The number of imidazole rings is 1. The first kappa shape index (κ1) is 8.10. The van der Waals surface area contributed by atoms with Gasteiger partial charge in [0.25, 0.3) is 0 Å². The second-order valence-corrected chi connectivity index (χ2v) is 3.10. The van der Waals surface area contributed by atoms with Gasteiger partial charge in [0.2, 0.25) is 0 Å². The van der Waals surface area contributed by atoms with Gasteiger partial charge in [0.1, 0.15) is 11.5 Å². The molecule has 3 rings (SSSR count). The van der Waals surface area contributed by atoms with Crippen LogP contribution >= 0.6 is 0 Å². The predicted molar refractivity (Wildman–Crippen MR) is 51.4 cm³/mol. The zero-order valence-electron chi connectivity index (χ0n) is 7.53. The van der Waals surface area contributed by atoms with Gasteiger partial charge in [-0.15, -0.1) is 0 Å². The Kier molecular flexibility index (Phi) is 1.55. The van der Waals surface area contributed by atoms with Crippen molar-refractivity contribution in [3.63, 3.8) is 0 Å². The summed E-state index contributed by atoms with van der Waals surface area (Å²) in [5.41, 5.74) is 1.95. The minimum Gasteiger partial charge on any atom is -0.336 e. The van der Waals surface area contributed by atoms with Gasteiger partial charge in [0, 0.05) is 0 Å². The zero-order chi connectivity index (χ0) is 10.3. The SMILES string of the molecule is Fc1ccc2nc(-c3cn[nH]n3)[nH]c2c1. The van der Waals surface area contributed by atoms with E-state index in [0.29, 0.717) is 22.6 Å². The van der Waals surface area contributed by atoms with Crippen molar-refractivity contribution in [1.29, 1.82) is 0 Å². The molecule has 0 radical (unpaired) electrons. The summed E-state index contributed by atoms with van der Waals surface area (Å²) in [6.07, 6.45) is 1.55. The van der Waals surface area contributed by atoms with E-state index in [1.54, 1.807) is 12.3 Å². The van der Waals surface area contributed by atoms with E-state index in [1.807, 2.05) is 0 Å². The molecule has 5 nitrogen and oxygen atoms in total. The molecule has 2 heterocycles. The Labute approximate surface area is 83.3 Å². The van der Waals surface area contributed by atoms with E-state index in [4.69, 9.17) is 0 Å². The van der Waals surface area contributed by atoms with E-state index in [9.17, 15) is 4.39 Å². The molecular weight excluding hydrogens is 197 g/mol. The van der Waals surface area contributed by atoms with E-state index in [1.165, 1.54) is 12.1 Å². The van der Waals surface area contributed by atoms with Crippen molar-refractivity contribution in [2.45, 2.75) is 0 Å². The first-order valence-electron chi connectivity index (χ1n) is 4.34. The molecule has 0 saturated carbocycles. The van der Waals surface area contributed by atoms with Crippen LogP contribution in [-0.4, -0.2) is 25.4 Å². The summed E-state index contributed by atoms with van der Waals surface area (Å²) in [5.74, 6) is 0.280. The van der Waals surface area contributed by atoms with Crippen LogP contribution < -0.4 is 0 Å². The lowest BCUT2D eigenvalue weighted by Crippen LogP contribution is -1.79. The molecular formula is C9H6FN5. The van der Waals surface area contributed by atoms with Crippen molar-refractivity contribution in [2.24, 2.45) is 0 Å². The molecule has 0 bridgehead atoms. The van der Waals surface area contributed by atoms with Crippen LogP contribution in [0.1, 0.15) is 0 Å². The number of hydrogen-bond acceptors (Lipinski definition) is 3. The van der Waals surface area contributed by atoms with E-state index in [0.717, 1.165) is 0 Å². The van der Waals surface area contributed by atoms with E-state index >= 15 is 0 Å². The lowest BCUT2D eigenvalue weighted by Gasteiger charge is -1.86. The van der Waals surface area contributed by atoms with Gasteiger partial charge in [-0.05, 0) is 18.2 Å². The Balaban J connectivity index is 2.22. The second kappa shape index (κ2) is 2.88. The van der Waals surface area contributed by atoms with Crippen LogP contribution in [0.3, 0.4) is 0 Å². The van der Waals surface area contributed by atoms with E-state index in [2.05, 4.69) is 25.4 Å². The quantitative estimate of drug-likeness (QED) is 0.629. The topological polar surface area (TPSA) is 70.2 Å². The van der Waals surface area contributed by atoms with Crippen LogP contribution in [0, 0.1) is 5.82 Å². The molecule has 0 amide bonds. The molecule has 15 heavy (non-hydrogen) atoms. The first-order valence-corrected chi connectivity index (χ1v) is 4.34. The fraction of sp³-hybridized carbons (Fsp3) is 0. The van der Waals surface area contributed by atoms with Crippen LogP contribution in [-0.2, 0) is 0 Å². The maximum Gasteiger partial charge on any atom is 0.160 e. The molecule has 0 spiro atoms. The monoisotopic (exact) mass is 203 g/mol. The number of rotatable bonds is 1. The fourth-order valence-corrected chi connectivity index (χ4v) is 1.42. The third-order valence-corrected chi connectivity index (χ3v) is 2.10. The molecule has 0 atom stereocenters. The summed E-state index contributed by atoms with van der Waals surface area (Å²) in [6.45, 7) is 0. The van der Waals surface area contributed by atoms with Gasteiger partial charge < -0.3 is 4.98 Å². The third kappa shape index (κ3) is 1.26. The lowest BCUT2D eigenvalue weighted by atomic mass is 10.3. The lowest BCUT2D eigenvalue weighted by molar-refractivity contribution is 0.629. The predicted octanol–water partition coefficient (Wildman–Crippen LogP) is 1.49. The summed E-state index contributed by atoms with van der Waals surface area (Å²) in [7, 11) is 0. The molecule has 0 aliphatic rings. The molecule has 0 aliphatic heterocycles. The summed E-state index contributed by atoms with van der Waals surface area (Å²) < 4.78 is 12.9. The fourth-order valence-electron chi connectivity index (χ4n) is 1.42. The van der Waals surface area contributed by atoms with Gasteiger partial charge in [0.15, 0.2) is 5.82 Å². The normalized spacial score (nSPS) is 11.0. The smallest absolute Gasteiger partial charge is 0.160 e. The van der Waals surface area contributed by atoms with Gasteiger partial charge in [0.05, 0.1) is 17.2 Å². The van der Waals surface area contributed by atoms with Gasteiger partial charge >= 0.3 is 0 Å². The van der Waals surface area contributed by atoms with Crippen molar-refractivity contribution >= 4 is 11.0 Å². The van der Waals surface area contributed by atoms with Crippen LogP contribution in [0.2, 0.25) is 0 Å². The number of aromatic amines is 2. The highest BCUT2D eigenvalue weighted by Crippen LogP contribution is 2.18. The molecule has 0 saturated heterocycles. The number of H-pyrrole nitrogens is 2. The van der Waals surface area contributed by atoms with Crippen LogP contribution in [0.15, 0.2) is 24.4 Å². The number of fused-ring (bicyclic) bond motifs is 1. The molecule has 6 heteroatoms. The van der Waals surface area contributed by atoms with Crippen molar-refractivity contribution < 1.29 is 4.39 Å². The first-order chi connectivity index (χ1) is 7.33. The number of nitrogens with one attached hydrogen (secondary N) is 2. The maximum absolute atomic E-state index is 12.9. The van der Waals surface area contributed by atoms with Crippen molar-refractivity contribution in [3.05, 3.63) is 30.2 Å². The third-order valence-electron chi connectivity index (χ3n) is 2.10. The van der Waals surface area contributed by atoms with Crippen molar-refractivity contribution in [1.82, 2.24) is 25.4 Å². The van der Waals surface area contributed by atoms with Gasteiger partial charge in [-0.25, -0.2) is 9.37 Å². The summed E-state index contributed by atoms with van der Waals surface area (Å²) >= 11 is 0. The highest BCUT2D eigenvalue weighted by molar-refractivity contribution is 5.78.